The average molecular weight is 458 g/mol. The SMILES string of the molecule is COc1ccc(CNC2CCc3c(sc4ncn(C5Cc6ccccc6C5)c(=O)c34)C2)cc1. The lowest BCUT2D eigenvalue weighted by Gasteiger charge is -2.23. The number of benzene rings is 2. The molecule has 1 N–H and O–H groups in total. The van der Waals surface area contributed by atoms with Crippen LogP contribution >= 0.6 is 11.3 Å². The number of fused-ring (bicyclic) bond motifs is 4. The highest BCUT2D eigenvalue weighted by atomic mass is 32.1. The minimum atomic E-state index is 0.139. The van der Waals surface area contributed by atoms with Gasteiger partial charge in [0.25, 0.3) is 5.56 Å². The molecule has 0 spiro atoms. The van der Waals surface area contributed by atoms with Gasteiger partial charge in [-0.3, -0.25) is 9.36 Å². The number of thiophene rings is 1. The van der Waals surface area contributed by atoms with Crippen LogP contribution in [0.1, 0.15) is 39.6 Å². The smallest absolute Gasteiger partial charge is 0.262 e. The minimum absolute atomic E-state index is 0.139. The summed E-state index contributed by atoms with van der Waals surface area (Å²) < 4.78 is 7.14. The van der Waals surface area contributed by atoms with Crippen LogP contribution < -0.4 is 15.6 Å². The maximum absolute atomic E-state index is 13.5. The highest BCUT2D eigenvalue weighted by Crippen LogP contribution is 2.35. The standard InChI is InChI=1S/C27H27N3O2S/c1-32-22-9-6-17(7-10-22)15-28-20-8-11-23-24(14-20)33-26-25(23)27(31)30(16-29-26)21-12-18-4-2-3-5-19(18)13-21/h2-7,9-10,16,20-21,28H,8,11-15H2,1H3. The van der Waals surface area contributed by atoms with E-state index in [9.17, 15) is 4.79 Å². The summed E-state index contributed by atoms with van der Waals surface area (Å²) in [4.78, 5) is 20.5. The van der Waals surface area contributed by atoms with E-state index in [4.69, 9.17) is 9.72 Å². The lowest BCUT2D eigenvalue weighted by atomic mass is 9.93. The van der Waals surface area contributed by atoms with E-state index in [2.05, 4.69) is 41.7 Å². The summed E-state index contributed by atoms with van der Waals surface area (Å²) >= 11 is 1.70. The number of aryl methyl sites for hydroxylation is 1. The normalized spacial score (nSPS) is 17.8. The number of ether oxygens (including phenoxy) is 1. The van der Waals surface area contributed by atoms with Crippen molar-refractivity contribution in [2.24, 2.45) is 0 Å². The first-order valence-corrected chi connectivity index (χ1v) is 12.5. The molecule has 1 unspecified atom stereocenters. The first kappa shape index (κ1) is 20.6. The Balaban J connectivity index is 1.21. The molecule has 168 valence electrons. The maximum Gasteiger partial charge on any atom is 0.262 e. The van der Waals surface area contributed by atoms with Gasteiger partial charge in [-0.1, -0.05) is 36.4 Å². The molecule has 2 aromatic heterocycles. The highest BCUT2D eigenvalue weighted by Gasteiger charge is 2.28. The number of methoxy groups -OCH3 is 1. The number of hydrogen-bond acceptors (Lipinski definition) is 5. The molecule has 6 rings (SSSR count). The van der Waals surface area contributed by atoms with Gasteiger partial charge in [-0.25, -0.2) is 4.98 Å². The van der Waals surface area contributed by atoms with Crippen molar-refractivity contribution in [2.45, 2.75) is 50.7 Å². The molecule has 0 aliphatic heterocycles. The van der Waals surface area contributed by atoms with Gasteiger partial charge in [0, 0.05) is 23.5 Å². The topological polar surface area (TPSA) is 56.1 Å². The highest BCUT2D eigenvalue weighted by molar-refractivity contribution is 7.18. The summed E-state index contributed by atoms with van der Waals surface area (Å²) in [6.45, 7) is 0.836. The van der Waals surface area contributed by atoms with E-state index >= 15 is 0 Å². The number of nitrogens with one attached hydrogen (secondary N) is 1. The molecule has 0 saturated heterocycles. The van der Waals surface area contributed by atoms with Crippen molar-refractivity contribution in [2.75, 3.05) is 7.11 Å². The van der Waals surface area contributed by atoms with Crippen LogP contribution in [0.3, 0.4) is 0 Å². The van der Waals surface area contributed by atoms with Crippen molar-refractivity contribution >= 4 is 21.6 Å². The number of hydrogen-bond donors (Lipinski definition) is 1. The van der Waals surface area contributed by atoms with E-state index in [0.717, 1.165) is 54.6 Å². The van der Waals surface area contributed by atoms with Gasteiger partial charge in [-0.2, -0.15) is 0 Å². The molecule has 0 saturated carbocycles. The Hall–Kier alpha value is -2.96. The van der Waals surface area contributed by atoms with E-state index in [1.54, 1.807) is 24.8 Å². The molecule has 2 heterocycles. The zero-order valence-electron chi connectivity index (χ0n) is 18.7. The summed E-state index contributed by atoms with van der Waals surface area (Å²) in [7, 11) is 1.69. The summed E-state index contributed by atoms with van der Waals surface area (Å²) in [5, 5.41) is 4.57. The van der Waals surface area contributed by atoms with Crippen molar-refractivity contribution < 1.29 is 4.74 Å². The zero-order chi connectivity index (χ0) is 22.4. The summed E-state index contributed by atoms with van der Waals surface area (Å²) in [5.41, 5.74) is 5.33. The molecule has 0 fully saturated rings. The molecule has 6 heteroatoms. The van der Waals surface area contributed by atoms with Crippen LogP contribution in [-0.2, 0) is 32.2 Å². The van der Waals surface area contributed by atoms with Crippen molar-refractivity contribution in [1.82, 2.24) is 14.9 Å². The summed E-state index contributed by atoms with van der Waals surface area (Å²) in [6.07, 6.45) is 6.53. The molecule has 0 amide bonds. The molecule has 33 heavy (non-hydrogen) atoms. The molecular formula is C27H27N3O2S. The largest absolute Gasteiger partial charge is 0.497 e. The fourth-order valence-electron chi connectivity index (χ4n) is 5.35. The monoisotopic (exact) mass is 457 g/mol. The van der Waals surface area contributed by atoms with Crippen molar-refractivity contribution in [3.63, 3.8) is 0 Å². The van der Waals surface area contributed by atoms with Crippen LogP contribution in [0.2, 0.25) is 0 Å². The van der Waals surface area contributed by atoms with E-state index < -0.39 is 0 Å². The predicted molar refractivity (Wildman–Crippen MR) is 132 cm³/mol. The van der Waals surface area contributed by atoms with E-state index in [1.165, 1.54) is 27.1 Å². The third-order valence-electron chi connectivity index (χ3n) is 7.17. The zero-order valence-corrected chi connectivity index (χ0v) is 19.5. The van der Waals surface area contributed by atoms with Gasteiger partial charge in [0.1, 0.15) is 10.6 Å². The molecule has 4 aromatic rings. The Morgan fingerprint density at radius 3 is 2.58 bits per heavy atom. The third kappa shape index (κ3) is 3.77. The molecule has 0 bridgehead atoms. The van der Waals surface area contributed by atoms with Crippen molar-refractivity contribution in [3.05, 3.63) is 92.3 Å². The number of nitrogens with zero attached hydrogens (tertiary/aromatic N) is 2. The van der Waals surface area contributed by atoms with E-state index in [1.807, 2.05) is 16.7 Å². The second-order valence-corrected chi connectivity index (χ2v) is 10.2. The lowest BCUT2D eigenvalue weighted by molar-refractivity contribution is 0.414. The van der Waals surface area contributed by atoms with Crippen LogP contribution in [0.5, 0.6) is 5.75 Å². The van der Waals surface area contributed by atoms with Crippen molar-refractivity contribution in [1.29, 1.82) is 0 Å². The van der Waals surface area contributed by atoms with Crippen LogP contribution in [0.15, 0.2) is 59.7 Å². The molecule has 2 aliphatic rings. The van der Waals surface area contributed by atoms with Crippen LogP contribution in [0.4, 0.5) is 0 Å². The average Bonchev–Trinajstić information content (AvgIpc) is 3.44. The van der Waals surface area contributed by atoms with Gasteiger partial charge >= 0.3 is 0 Å². The maximum atomic E-state index is 13.5. The Kier molecular flexibility index (Phi) is 5.27. The summed E-state index contributed by atoms with van der Waals surface area (Å²) in [5.74, 6) is 0.881. The molecule has 0 radical (unpaired) electrons. The molecular weight excluding hydrogens is 430 g/mol. The van der Waals surface area contributed by atoms with Crippen molar-refractivity contribution in [3.8, 4) is 5.75 Å². The first-order valence-electron chi connectivity index (χ1n) is 11.6. The van der Waals surface area contributed by atoms with Gasteiger partial charge in [0.2, 0.25) is 0 Å². The second-order valence-electron chi connectivity index (χ2n) is 9.14. The second kappa shape index (κ2) is 8.43. The van der Waals surface area contributed by atoms with Gasteiger partial charge in [-0.05, 0) is 66.5 Å². The lowest BCUT2D eigenvalue weighted by Crippen LogP contribution is -2.34. The van der Waals surface area contributed by atoms with Crippen LogP contribution in [0, 0.1) is 0 Å². The third-order valence-corrected chi connectivity index (χ3v) is 8.33. The fourth-order valence-corrected chi connectivity index (χ4v) is 6.61. The molecule has 5 nitrogen and oxygen atoms in total. The quantitative estimate of drug-likeness (QED) is 0.481. The molecule has 1 atom stereocenters. The van der Waals surface area contributed by atoms with Crippen LogP contribution in [0.25, 0.3) is 10.2 Å². The van der Waals surface area contributed by atoms with Gasteiger partial charge in [-0.15, -0.1) is 11.3 Å². The van der Waals surface area contributed by atoms with Gasteiger partial charge in [0.15, 0.2) is 0 Å². The molecule has 2 aromatic carbocycles. The van der Waals surface area contributed by atoms with Gasteiger partial charge < -0.3 is 10.1 Å². The van der Waals surface area contributed by atoms with Gasteiger partial charge in [0.05, 0.1) is 18.8 Å². The molecule has 2 aliphatic carbocycles. The Labute approximate surface area is 197 Å². The summed E-state index contributed by atoms with van der Waals surface area (Å²) in [6, 6.07) is 17.3. The van der Waals surface area contributed by atoms with Crippen LogP contribution in [-0.4, -0.2) is 22.7 Å². The number of aromatic nitrogens is 2. The van der Waals surface area contributed by atoms with E-state index in [0.29, 0.717) is 6.04 Å². The Morgan fingerprint density at radius 1 is 1.09 bits per heavy atom. The predicted octanol–water partition coefficient (Wildman–Crippen LogP) is 4.45. The van der Waals surface area contributed by atoms with E-state index in [-0.39, 0.29) is 11.6 Å². The number of rotatable bonds is 5. The Morgan fingerprint density at radius 2 is 1.85 bits per heavy atom. The fraction of sp³-hybridized carbons (Fsp3) is 0.333. The first-order chi connectivity index (χ1) is 16.2. The Bertz CT molecular complexity index is 1350. The minimum Gasteiger partial charge on any atom is -0.497 e.